The topological polar surface area (TPSA) is 58.9 Å². The van der Waals surface area contributed by atoms with Gasteiger partial charge in [0, 0.05) is 9.79 Å². The first kappa shape index (κ1) is 22.5. The van der Waals surface area contributed by atoms with Crippen LogP contribution in [-0.2, 0) is 5.41 Å². The van der Waals surface area contributed by atoms with Crippen LogP contribution in [0.5, 0.6) is 11.5 Å². The van der Waals surface area contributed by atoms with Gasteiger partial charge >= 0.3 is 0 Å². The van der Waals surface area contributed by atoms with Crippen molar-refractivity contribution in [1.29, 1.82) is 0 Å². The van der Waals surface area contributed by atoms with E-state index < -0.39 is 5.41 Å². The van der Waals surface area contributed by atoms with Gasteiger partial charge in [0.15, 0.2) is 0 Å². The van der Waals surface area contributed by atoms with Crippen LogP contribution in [0.4, 0.5) is 0 Å². The fourth-order valence-electron chi connectivity index (χ4n) is 4.71. The zero-order valence-electron chi connectivity index (χ0n) is 18.7. The van der Waals surface area contributed by atoms with Crippen molar-refractivity contribution in [3.63, 3.8) is 0 Å². The highest BCUT2D eigenvalue weighted by Crippen LogP contribution is 2.55. The number of benzene rings is 4. The molecule has 0 bridgehead atoms. The molecule has 2 N–H and O–H groups in total. The fraction of sp³-hybridized carbons (Fsp3) is 0.172. The average Bonchev–Trinajstić information content (AvgIpc) is 2.90. The average molecular weight is 471 g/mol. The van der Waals surface area contributed by atoms with Gasteiger partial charge < -0.3 is 19.7 Å². The van der Waals surface area contributed by atoms with Gasteiger partial charge in [-0.3, -0.25) is 0 Å². The van der Waals surface area contributed by atoms with E-state index in [-0.39, 0.29) is 26.4 Å². The van der Waals surface area contributed by atoms with Crippen LogP contribution in [0, 0.1) is 0 Å². The molecule has 4 aromatic carbocycles. The molecule has 0 saturated carbocycles. The first-order chi connectivity index (χ1) is 16.8. The Bertz CT molecular complexity index is 1150. The molecule has 4 aromatic rings. The summed E-state index contributed by atoms with van der Waals surface area (Å²) in [7, 11) is 0. The number of hydrogen-bond donors (Lipinski definition) is 2. The maximum absolute atomic E-state index is 9.12. The molecular weight excluding hydrogens is 444 g/mol. The summed E-state index contributed by atoms with van der Waals surface area (Å²) in [5.41, 5.74) is 4.20. The Morgan fingerprint density at radius 1 is 0.559 bits per heavy atom. The summed E-state index contributed by atoms with van der Waals surface area (Å²) >= 11 is 1.80. The van der Waals surface area contributed by atoms with Crippen molar-refractivity contribution in [2.24, 2.45) is 0 Å². The minimum Gasteiger partial charge on any atom is -0.491 e. The highest BCUT2D eigenvalue weighted by molar-refractivity contribution is 7.99. The van der Waals surface area contributed by atoms with Crippen LogP contribution in [0.2, 0.25) is 0 Å². The predicted molar refractivity (Wildman–Crippen MR) is 134 cm³/mol. The molecule has 34 heavy (non-hydrogen) atoms. The van der Waals surface area contributed by atoms with E-state index in [1.807, 2.05) is 24.3 Å². The quantitative estimate of drug-likeness (QED) is 0.323. The molecule has 172 valence electrons. The van der Waals surface area contributed by atoms with E-state index in [1.54, 1.807) is 11.8 Å². The second kappa shape index (κ2) is 9.94. The second-order valence-corrected chi connectivity index (χ2v) is 9.12. The van der Waals surface area contributed by atoms with Crippen LogP contribution < -0.4 is 9.47 Å². The molecule has 1 heterocycles. The molecule has 0 aromatic heterocycles. The lowest BCUT2D eigenvalue weighted by atomic mass is 9.65. The number of aliphatic hydroxyl groups excluding tert-OH is 2. The van der Waals surface area contributed by atoms with Crippen molar-refractivity contribution in [3.8, 4) is 11.5 Å². The smallest absolute Gasteiger partial charge is 0.119 e. The zero-order chi connectivity index (χ0) is 23.4. The molecule has 0 saturated heterocycles. The van der Waals surface area contributed by atoms with E-state index in [0.29, 0.717) is 0 Å². The second-order valence-electron chi connectivity index (χ2n) is 8.04. The molecule has 0 radical (unpaired) electrons. The summed E-state index contributed by atoms with van der Waals surface area (Å²) in [4.78, 5) is 2.45. The standard InChI is InChI=1S/C29H26O4S/c30-17-19-32-23-13-9-21(10-14-23)29(22-11-15-24(16-12-22)33-20-18-31)25-5-1-3-7-27(25)34-28-8-4-2-6-26(28)29/h1-16,30-31H,17-20H2. The number of aliphatic hydroxyl groups is 2. The van der Waals surface area contributed by atoms with Crippen LogP contribution in [-0.4, -0.2) is 36.6 Å². The first-order valence-electron chi connectivity index (χ1n) is 11.3. The van der Waals surface area contributed by atoms with Crippen LogP contribution in [0.15, 0.2) is 107 Å². The molecule has 4 nitrogen and oxygen atoms in total. The maximum Gasteiger partial charge on any atom is 0.119 e. The number of fused-ring (bicyclic) bond motifs is 2. The van der Waals surface area contributed by atoms with E-state index in [4.69, 9.17) is 19.7 Å². The van der Waals surface area contributed by atoms with E-state index in [9.17, 15) is 0 Å². The lowest BCUT2D eigenvalue weighted by Gasteiger charge is -2.42. The minimum absolute atomic E-state index is 0.0195. The minimum atomic E-state index is -0.524. The van der Waals surface area contributed by atoms with Crippen molar-refractivity contribution in [3.05, 3.63) is 119 Å². The number of rotatable bonds is 8. The first-order valence-corrected chi connectivity index (χ1v) is 12.1. The largest absolute Gasteiger partial charge is 0.491 e. The molecule has 5 rings (SSSR count). The lowest BCUT2D eigenvalue weighted by molar-refractivity contribution is 0.201. The molecular formula is C29H26O4S. The van der Waals surface area contributed by atoms with Crippen molar-refractivity contribution in [1.82, 2.24) is 0 Å². The Morgan fingerprint density at radius 3 is 1.38 bits per heavy atom. The molecule has 1 aliphatic rings. The van der Waals surface area contributed by atoms with Crippen molar-refractivity contribution >= 4 is 11.8 Å². The third-order valence-electron chi connectivity index (χ3n) is 6.10. The summed E-state index contributed by atoms with van der Waals surface area (Å²) in [5.74, 6) is 1.46. The van der Waals surface area contributed by atoms with Gasteiger partial charge in [0.2, 0.25) is 0 Å². The Morgan fingerprint density at radius 2 is 0.971 bits per heavy atom. The Kier molecular flexibility index (Phi) is 6.59. The molecule has 1 aliphatic heterocycles. The summed E-state index contributed by atoms with van der Waals surface area (Å²) in [6.45, 7) is 0.493. The van der Waals surface area contributed by atoms with Crippen molar-refractivity contribution < 1.29 is 19.7 Å². The summed E-state index contributed by atoms with van der Waals surface area (Å²) < 4.78 is 11.3. The van der Waals surface area contributed by atoms with Crippen LogP contribution in [0.1, 0.15) is 22.3 Å². The normalized spacial score (nSPS) is 13.6. The Labute approximate surface area is 203 Å². The van der Waals surface area contributed by atoms with Gasteiger partial charge in [0.1, 0.15) is 24.7 Å². The van der Waals surface area contributed by atoms with Gasteiger partial charge in [-0.15, -0.1) is 0 Å². The number of ether oxygens (including phenoxy) is 2. The van der Waals surface area contributed by atoms with E-state index >= 15 is 0 Å². The molecule has 0 aliphatic carbocycles. The van der Waals surface area contributed by atoms with Crippen LogP contribution in [0.25, 0.3) is 0 Å². The fourth-order valence-corrected chi connectivity index (χ4v) is 5.90. The molecule has 0 spiro atoms. The van der Waals surface area contributed by atoms with Crippen molar-refractivity contribution in [2.45, 2.75) is 15.2 Å². The van der Waals surface area contributed by atoms with E-state index in [2.05, 4.69) is 72.8 Å². The van der Waals surface area contributed by atoms with Crippen molar-refractivity contribution in [2.75, 3.05) is 26.4 Å². The summed E-state index contributed by atoms with van der Waals surface area (Å²) in [5, 5.41) is 18.2. The van der Waals surface area contributed by atoms with Crippen LogP contribution >= 0.6 is 11.8 Å². The van der Waals surface area contributed by atoms with E-state index in [0.717, 1.165) is 22.6 Å². The highest BCUT2D eigenvalue weighted by Gasteiger charge is 2.44. The monoisotopic (exact) mass is 470 g/mol. The van der Waals surface area contributed by atoms with Gasteiger partial charge in [-0.2, -0.15) is 0 Å². The SMILES string of the molecule is OCCOc1ccc(C2(c3ccc(OCCO)cc3)c3ccccc3Sc3ccccc32)cc1. The highest BCUT2D eigenvalue weighted by atomic mass is 32.2. The summed E-state index contributed by atoms with van der Waals surface area (Å²) in [6.07, 6.45) is 0. The molecule has 0 atom stereocenters. The maximum atomic E-state index is 9.12. The lowest BCUT2D eigenvalue weighted by Crippen LogP contribution is -2.34. The molecule has 0 unspecified atom stereocenters. The van der Waals surface area contributed by atoms with Crippen LogP contribution in [0.3, 0.4) is 0 Å². The van der Waals surface area contributed by atoms with Gasteiger partial charge in [0.25, 0.3) is 0 Å². The van der Waals surface area contributed by atoms with Gasteiger partial charge in [-0.1, -0.05) is 72.4 Å². The molecule has 5 heteroatoms. The third-order valence-corrected chi connectivity index (χ3v) is 7.25. The Hall–Kier alpha value is -3.25. The number of hydrogen-bond acceptors (Lipinski definition) is 5. The predicted octanol–water partition coefficient (Wildman–Crippen LogP) is 5.28. The summed E-state index contributed by atoms with van der Waals surface area (Å²) in [6, 6.07) is 33.5. The third kappa shape index (κ3) is 3.96. The molecule has 0 fully saturated rings. The molecule has 0 amide bonds. The van der Waals surface area contributed by atoms with Gasteiger partial charge in [-0.05, 0) is 58.7 Å². The van der Waals surface area contributed by atoms with Gasteiger partial charge in [0.05, 0.1) is 18.6 Å². The van der Waals surface area contributed by atoms with E-state index in [1.165, 1.54) is 20.9 Å². The Balaban J connectivity index is 1.74. The van der Waals surface area contributed by atoms with Gasteiger partial charge in [-0.25, -0.2) is 0 Å². The zero-order valence-corrected chi connectivity index (χ0v) is 19.5.